The van der Waals surface area contributed by atoms with Crippen LogP contribution in [-0.4, -0.2) is 5.78 Å². The first-order valence-electron chi connectivity index (χ1n) is 5.95. The van der Waals surface area contributed by atoms with Crippen LogP contribution in [0.5, 0.6) is 0 Å². The fourth-order valence-electron chi connectivity index (χ4n) is 2.64. The molecule has 1 aromatic carbocycles. The summed E-state index contributed by atoms with van der Waals surface area (Å²) in [4.78, 5) is 12.0. The lowest BCUT2D eigenvalue weighted by Gasteiger charge is -2.23. The molecule has 2 aliphatic carbocycles. The van der Waals surface area contributed by atoms with Gasteiger partial charge in [-0.1, -0.05) is 24.3 Å². The van der Waals surface area contributed by atoms with Crippen LogP contribution >= 0.6 is 0 Å². The predicted molar refractivity (Wildman–Crippen MR) is 59.7 cm³/mol. The molecule has 1 atom stereocenters. The molecule has 78 valence electrons. The number of aryl methyl sites for hydroxylation is 1. The van der Waals surface area contributed by atoms with Crippen LogP contribution in [0.2, 0.25) is 0 Å². The van der Waals surface area contributed by atoms with Crippen molar-refractivity contribution in [3.63, 3.8) is 0 Å². The maximum Gasteiger partial charge on any atom is 0.139 e. The van der Waals surface area contributed by atoms with Crippen LogP contribution in [0, 0.1) is 11.8 Å². The van der Waals surface area contributed by atoms with E-state index >= 15 is 0 Å². The molecule has 0 N–H and O–H groups in total. The summed E-state index contributed by atoms with van der Waals surface area (Å²) in [5, 5.41) is 0. The van der Waals surface area contributed by atoms with Crippen LogP contribution < -0.4 is 0 Å². The highest BCUT2D eigenvalue weighted by atomic mass is 16.1. The zero-order valence-corrected chi connectivity index (χ0v) is 8.91. The fourth-order valence-corrected chi connectivity index (χ4v) is 2.64. The molecule has 3 rings (SSSR count). The minimum atomic E-state index is 0.326. The molecule has 0 aliphatic heterocycles. The van der Waals surface area contributed by atoms with E-state index in [1.54, 1.807) is 0 Å². The molecule has 0 saturated heterocycles. The second kappa shape index (κ2) is 3.48. The van der Waals surface area contributed by atoms with Crippen molar-refractivity contribution in [3.05, 3.63) is 35.4 Å². The summed E-state index contributed by atoms with van der Waals surface area (Å²) in [6.45, 7) is 0. The van der Waals surface area contributed by atoms with E-state index in [1.165, 1.54) is 11.1 Å². The molecule has 1 nitrogen and oxygen atoms in total. The number of carbonyl (C=O) groups excluding carboxylic acids is 1. The lowest BCUT2D eigenvalue weighted by molar-refractivity contribution is -0.124. The number of ketones is 1. The SMILES string of the molecule is O=C(C1CC1)C1CCc2ccccc2C1. The Morgan fingerprint density at radius 2 is 1.73 bits per heavy atom. The topological polar surface area (TPSA) is 17.1 Å². The smallest absolute Gasteiger partial charge is 0.139 e. The van der Waals surface area contributed by atoms with Gasteiger partial charge < -0.3 is 0 Å². The van der Waals surface area contributed by atoms with E-state index in [2.05, 4.69) is 24.3 Å². The van der Waals surface area contributed by atoms with Crippen molar-refractivity contribution in [2.24, 2.45) is 11.8 Å². The van der Waals surface area contributed by atoms with Gasteiger partial charge in [0, 0.05) is 11.8 Å². The molecular formula is C14H16O. The standard InChI is InChI=1S/C14H16O/c15-14(11-6-7-11)13-8-5-10-3-1-2-4-12(10)9-13/h1-4,11,13H,5-9H2. The van der Waals surface area contributed by atoms with Crippen molar-refractivity contribution in [3.8, 4) is 0 Å². The normalized spacial score (nSPS) is 24.7. The summed E-state index contributed by atoms with van der Waals surface area (Å²) in [6, 6.07) is 8.57. The minimum Gasteiger partial charge on any atom is -0.299 e. The van der Waals surface area contributed by atoms with Crippen LogP contribution in [0.4, 0.5) is 0 Å². The molecule has 0 amide bonds. The van der Waals surface area contributed by atoms with Crippen LogP contribution in [0.15, 0.2) is 24.3 Å². The molecule has 0 aromatic heterocycles. The Bertz CT molecular complexity index is 390. The second-order valence-electron chi connectivity index (χ2n) is 4.89. The third-order valence-corrected chi connectivity index (χ3v) is 3.73. The Hall–Kier alpha value is -1.11. The van der Waals surface area contributed by atoms with Gasteiger partial charge in [-0.2, -0.15) is 0 Å². The number of fused-ring (bicyclic) bond motifs is 1. The maximum atomic E-state index is 12.0. The lowest BCUT2D eigenvalue weighted by Crippen LogP contribution is -2.23. The zero-order chi connectivity index (χ0) is 10.3. The largest absolute Gasteiger partial charge is 0.299 e. The summed E-state index contributed by atoms with van der Waals surface area (Å²) in [6.07, 6.45) is 5.46. The molecule has 1 unspecified atom stereocenters. The molecule has 0 bridgehead atoms. The first-order chi connectivity index (χ1) is 7.34. The van der Waals surface area contributed by atoms with Crippen molar-refractivity contribution in [1.82, 2.24) is 0 Å². The highest BCUT2D eigenvalue weighted by Gasteiger charge is 2.35. The highest BCUT2D eigenvalue weighted by molar-refractivity contribution is 5.86. The molecule has 2 aliphatic rings. The summed E-state index contributed by atoms with van der Waals surface area (Å²) in [7, 11) is 0. The number of carbonyl (C=O) groups is 1. The number of benzene rings is 1. The molecule has 1 saturated carbocycles. The third-order valence-electron chi connectivity index (χ3n) is 3.73. The van der Waals surface area contributed by atoms with Crippen molar-refractivity contribution < 1.29 is 4.79 Å². The molecule has 1 heteroatoms. The van der Waals surface area contributed by atoms with Crippen LogP contribution in [-0.2, 0) is 17.6 Å². The first-order valence-corrected chi connectivity index (χ1v) is 5.95. The van der Waals surface area contributed by atoms with Gasteiger partial charge in [-0.05, 0) is 43.2 Å². The second-order valence-corrected chi connectivity index (χ2v) is 4.89. The number of hydrogen-bond donors (Lipinski definition) is 0. The number of Topliss-reactive ketones (excluding diaryl/α,β-unsaturated/α-hetero) is 1. The molecular weight excluding hydrogens is 184 g/mol. The Morgan fingerprint density at radius 3 is 2.47 bits per heavy atom. The quantitative estimate of drug-likeness (QED) is 0.717. The Morgan fingerprint density at radius 1 is 1.00 bits per heavy atom. The third kappa shape index (κ3) is 1.71. The van der Waals surface area contributed by atoms with Gasteiger partial charge in [-0.25, -0.2) is 0 Å². The highest BCUT2D eigenvalue weighted by Crippen LogP contribution is 2.36. The van der Waals surface area contributed by atoms with E-state index in [1.807, 2.05) is 0 Å². The Kier molecular flexibility index (Phi) is 2.12. The van der Waals surface area contributed by atoms with Crippen molar-refractivity contribution in [2.45, 2.75) is 32.1 Å². The molecule has 0 spiro atoms. The minimum absolute atomic E-state index is 0.326. The molecule has 15 heavy (non-hydrogen) atoms. The van der Waals surface area contributed by atoms with Gasteiger partial charge in [0.1, 0.15) is 5.78 Å². The van der Waals surface area contributed by atoms with Gasteiger partial charge in [0.15, 0.2) is 0 Å². The van der Waals surface area contributed by atoms with Gasteiger partial charge in [0.05, 0.1) is 0 Å². The van der Waals surface area contributed by atoms with Gasteiger partial charge in [0.2, 0.25) is 0 Å². The Labute approximate surface area is 90.5 Å². The van der Waals surface area contributed by atoms with Crippen molar-refractivity contribution in [2.75, 3.05) is 0 Å². The maximum absolute atomic E-state index is 12.0. The molecule has 0 radical (unpaired) electrons. The van der Waals surface area contributed by atoms with E-state index in [0.29, 0.717) is 17.6 Å². The van der Waals surface area contributed by atoms with Crippen molar-refractivity contribution >= 4 is 5.78 Å². The van der Waals surface area contributed by atoms with E-state index in [-0.39, 0.29) is 0 Å². The zero-order valence-electron chi connectivity index (χ0n) is 8.91. The summed E-state index contributed by atoms with van der Waals surface area (Å²) in [5.41, 5.74) is 2.86. The van der Waals surface area contributed by atoms with Gasteiger partial charge in [-0.15, -0.1) is 0 Å². The average Bonchev–Trinajstić information content (AvgIpc) is 3.11. The molecule has 0 heterocycles. The number of rotatable bonds is 2. The molecule has 1 fully saturated rings. The summed E-state index contributed by atoms with van der Waals surface area (Å²) >= 11 is 0. The first kappa shape index (κ1) is 9.14. The Balaban J connectivity index is 1.79. The van der Waals surface area contributed by atoms with Gasteiger partial charge in [-0.3, -0.25) is 4.79 Å². The van der Waals surface area contributed by atoms with Crippen LogP contribution in [0.1, 0.15) is 30.4 Å². The lowest BCUT2D eigenvalue weighted by atomic mass is 9.81. The molecule has 1 aromatic rings. The summed E-state index contributed by atoms with van der Waals surface area (Å²) < 4.78 is 0. The summed E-state index contributed by atoms with van der Waals surface area (Å²) in [5.74, 6) is 1.30. The van der Waals surface area contributed by atoms with Crippen LogP contribution in [0.25, 0.3) is 0 Å². The number of hydrogen-bond acceptors (Lipinski definition) is 1. The monoisotopic (exact) mass is 200 g/mol. The van der Waals surface area contributed by atoms with E-state index in [9.17, 15) is 4.79 Å². The predicted octanol–water partition coefficient (Wildman–Crippen LogP) is 2.77. The van der Waals surface area contributed by atoms with E-state index in [0.717, 1.165) is 32.1 Å². The fraction of sp³-hybridized carbons (Fsp3) is 0.500. The van der Waals surface area contributed by atoms with E-state index in [4.69, 9.17) is 0 Å². The van der Waals surface area contributed by atoms with Gasteiger partial charge in [0.25, 0.3) is 0 Å². The van der Waals surface area contributed by atoms with E-state index < -0.39 is 0 Å². The average molecular weight is 200 g/mol. The van der Waals surface area contributed by atoms with Crippen LogP contribution in [0.3, 0.4) is 0 Å². The van der Waals surface area contributed by atoms with Gasteiger partial charge >= 0.3 is 0 Å². The van der Waals surface area contributed by atoms with Crippen molar-refractivity contribution in [1.29, 1.82) is 0 Å².